The normalized spacial score (nSPS) is 13.2. The fourth-order valence-electron chi connectivity index (χ4n) is 2.87. The first-order valence-electron chi connectivity index (χ1n) is 7.85. The number of nitrogens with two attached hydrogens (primary N) is 1. The zero-order chi connectivity index (χ0) is 17.1. The predicted octanol–water partition coefficient (Wildman–Crippen LogP) is 1.71. The van der Waals surface area contributed by atoms with E-state index in [1.165, 1.54) is 0 Å². The van der Waals surface area contributed by atoms with Gasteiger partial charge in [-0.15, -0.1) is 0 Å². The van der Waals surface area contributed by atoms with Gasteiger partial charge in [0.2, 0.25) is 5.91 Å². The SMILES string of the molecule is NC(=O)c1cccc(COC(=O)c2cc3c([nH]c2=O)CCCC3)c1. The third-order valence-electron chi connectivity index (χ3n) is 4.14. The molecule has 2 aromatic rings. The molecule has 6 heteroatoms. The molecule has 1 amide bonds. The number of fused-ring (bicyclic) bond motifs is 1. The molecule has 0 atom stereocenters. The number of amides is 1. The molecule has 1 aromatic heterocycles. The molecule has 0 radical (unpaired) electrons. The van der Waals surface area contributed by atoms with Gasteiger partial charge in [0, 0.05) is 11.3 Å². The van der Waals surface area contributed by atoms with Crippen LogP contribution >= 0.6 is 0 Å². The number of ether oxygens (including phenoxy) is 1. The van der Waals surface area contributed by atoms with Gasteiger partial charge in [0.25, 0.3) is 5.56 Å². The minimum absolute atomic E-state index is 0.0155. The molecule has 0 fully saturated rings. The van der Waals surface area contributed by atoms with Crippen molar-refractivity contribution in [2.24, 2.45) is 5.73 Å². The number of nitrogens with one attached hydrogen (secondary N) is 1. The Morgan fingerprint density at radius 3 is 2.75 bits per heavy atom. The number of esters is 1. The summed E-state index contributed by atoms with van der Waals surface area (Å²) in [4.78, 5) is 38.2. The molecule has 0 bridgehead atoms. The van der Waals surface area contributed by atoms with Gasteiger partial charge in [-0.05, 0) is 55.0 Å². The minimum atomic E-state index is -0.672. The van der Waals surface area contributed by atoms with E-state index in [2.05, 4.69) is 4.98 Å². The first-order chi connectivity index (χ1) is 11.5. The number of carbonyl (C=O) groups excluding carboxylic acids is 2. The Morgan fingerprint density at radius 1 is 1.17 bits per heavy atom. The van der Waals surface area contributed by atoms with E-state index < -0.39 is 17.4 Å². The highest BCUT2D eigenvalue weighted by Crippen LogP contribution is 2.19. The van der Waals surface area contributed by atoms with Crippen molar-refractivity contribution in [1.29, 1.82) is 0 Å². The fraction of sp³-hybridized carbons (Fsp3) is 0.278. The van der Waals surface area contributed by atoms with E-state index in [4.69, 9.17) is 10.5 Å². The molecule has 6 nitrogen and oxygen atoms in total. The van der Waals surface area contributed by atoms with E-state index >= 15 is 0 Å². The number of hydrogen-bond donors (Lipinski definition) is 2. The molecule has 1 heterocycles. The lowest BCUT2D eigenvalue weighted by Crippen LogP contribution is -2.23. The van der Waals surface area contributed by atoms with Gasteiger partial charge in [0.15, 0.2) is 0 Å². The summed E-state index contributed by atoms with van der Waals surface area (Å²) in [7, 11) is 0. The third kappa shape index (κ3) is 3.37. The zero-order valence-corrected chi connectivity index (χ0v) is 13.1. The van der Waals surface area contributed by atoms with Crippen molar-refractivity contribution in [1.82, 2.24) is 4.98 Å². The molecule has 1 aromatic carbocycles. The van der Waals surface area contributed by atoms with Crippen LogP contribution in [0.15, 0.2) is 35.1 Å². The molecule has 0 spiro atoms. The summed E-state index contributed by atoms with van der Waals surface area (Å²) < 4.78 is 5.21. The first-order valence-corrected chi connectivity index (χ1v) is 7.85. The smallest absolute Gasteiger partial charge is 0.344 e. The molecular formula is C18H18N2O4. The number of aryl methyl sites for hydroxylation is 2. The quantitative estimate of drug-likeness (QED) is 0.835. The molecule has 1 aliphatic carbocycles. The van der Waals surface area contributed by atoms with Crippen molar-refractivity contribution >= 4 is 11.9 Å². The average Bonchev–Trinajstić information content (AvgIpc) is 2.59. The Balaban J connectivity index is 1.75. The van der Waals surface area contributed by atoms with E-state index in [9.17, 15) is 14.4 Å². The van der Waals surface area contributed by atoms with Crippen LogP contribution < -0.4 is 11.3 Å². The Kier molecular flexibility index (Phi) is 4.46. The molecule has 3 rings (SSSR count). The van der Waals surface area contributed by atoms with Gasteiger partial charge in [0.1, 0.15) is 12.2 Å². The van der Waals surface area contributed by atoms with Crippen LogP contribution in [0.25, 0.3) is 0 Å². The van der Waals surface area contributed by atoms with Gasteiger partial charge in [-0.2, -0.15) is 0 Å². The van der Waals surface area contributed by atoms with Gasteiger partial charge in [-0.1, -0.05) is 12.1 Å². The molecule has 0 saturated heterocycles. The summed E-state index contributed by atoms with van der Waals surface area (Å²) in [6.07, 6.45) is 3.78. The number of aromatic amines is 1. The summed E-state index contributed by atoms with van der Waals surface area (Å²) in [5.41, 5.74) is 7.71. The van der Waals surface area contributed by atoms with Crippen molar-refractivity contribution in [3.8, 4) is 0 Å². The second kappa shape index (κ2) is 6.70. The molecule has 124 valence electrons. The average molecular weight is 326 g/mol. The number of carbonyl (C=O) groups is 2. The standard InChI is InChI=1S/C18H18N2O4/c19-16(21)13-6-3-4-11(8-13)10-24-18(23)14-9-12-5-1-2-7-15(12)20-17(14)22/h3-4,6,8-9H,1-2,5,7,10H2,(H2,19,21)(H,20,22). The highest BCUT2D eigenvalue weighted by atomic mass is 16.5. The largest absolute Gasteiger partial charge is 0.457 e. The Morgan fingerprint density at radius 2 is 1.96 bits per heavy atom. The minimum Gasteiger partial charge on any atom is -0.457 e. The maximum Gasteiger partial charge on any atom is 0.344 e. The van der Waals surface area contributed by atoms with Gasteiger partial charge >= 0.3 is 5.97 Å². The molecule has 3 N–H and O–H groups in total. The van der Waals surface area contributed by atoms with Crippen molar-refractivity contribution < 1.29 is 14.3 Å². The molecular weight excluding hydrogens is 308 g/mol. The number of hydrogen-bond acceptors (Lipinski definition) is 4. The summed E-state index contributed by atoms with van der Waals surface area (Å²) in [6.45, 7) is -0.0313. The number of primary amides is 1. The molecule has 0 unspecified atom stereocenters. The lowest BCUT2D eigenvalue weighted by Gasteiger charge is -2.15. The molecule has 0 aliphatic heterocycles. The lowest BCUT2D eigenvalue weighted by atomic mass is 9.95. The van der Waals surface area contributed by atoms with Crippen molar-refractivity contribution in [2.45, 2.75) is 32.3 Å². The zero-order valence-electron chi connectivity index (χ0n) is 13.1. The summed E-state index contributed by atoms with van der Waals surface area (Å²) in [5, 5.41) is 0. The fourth-order valence-corrected chi connectivity index (χ4v) is 2.87. The van der Waals surface area contributed by atoms with Gasteiger partial charge in [-0.25, -0.2) is 4.79 Å². The molecule has 1 aliphatic rings. The van der Waals surface area contributed by atoms with E-state index in [0.717, 1.165) is 36.9 Å². The number of rotatable bonds is 4. The third-order valence-corrected chi connectivity index (χ3v) is 4.14. The van der Waals surface area contributed by atoms with E-state index in [1.54, 1.807) is 30.3 Å². The summed E-state index contributed by atoms with van der Waals surface area (Å²) in [5.74, 6) is -1.22. The van der Waals surface area contributed by atoms with E-state index in [-0.39, 0.29) is 12.2 Å². The second-order valence-electron chi connectivity index (χ2n) is 5.86. The van der Waals surface area contributed by atoms with Crippen LogP contribution in [0.2, 0.25) is 0 Å². The van der Waals surface area contributed by atoms with E-state index in [1.807, 2.05) is 0 Å². The monoisotopic (exact) mass is 326 g/mol. The Bertz CT molecular complexity index is 854. The first kappa shape index (κ1) is 16.0. The van der Waals surface area contributed by atoms with Gasteiger partial charge < -0.3 is 15.5 Å². The second-order valence-corrected chi connectivity index (χ2v) is 5.86. The maximum absolute atomic E-state index is 12.2. The predicted molar refractivity (Wildman–Crippen MR) is 87.8 cm³/mol. The molecule has 0 saturated carbocycles. The van der Waals surface area contributed by atoms with Crippen LogP contribution in [-0.4, -0.2) is 16.9 Å². The maximum atomic E-state index is 12.2. The number of aromatic nitrogens is 1. The van der Waals surface area contributed by atoms with Gasteiger partial charge in [0.05, 0.1) is 0 Å². The lowest BCUT2D eigenvalue weighted by molar-refractivity contribution is 0.0470. The van der Waals surface area contributed by atoms with Crippen LogP contribution in [-0.2, 0) is 24.2 Å². The van der Waals surface area contributed by atoms with Gasteiger partial charge in [-0.3, -0.25) is 9.59 Å². The van der Waals surface area contributed by atoms with Crippen LogP contribution in [0.1, 0.15) is 50.4 Å². The number of H-pyrrole nitrogens is 1. The van der Waals surface area contributed by atoms with Crippen molar-refractivity contribution in [2.75, 3.05) is 0 Å². The highest BCUT2D eigenvalue weighted by molar-refractivity contribution is 5.93. The highest BCUT2D eigenvalue weighted by Gasteiger charge is 2.18. The van der Waals surface area contributed by atoms with E-state index in [0.29, 0.717) is 11.1 Å². The van der Waals surface area contributed by atoms with Crippen molar-refractivity contribution in [3.05, 3.63) is 68.6 Å². The van der Waals surface area contributed by atoms with Crippen LogP contribution in [0, 0.1) is 0 Å². The summed E-state index contributed by atoms with van der Waals surface area (Å²) in [6, 6.07) is 8.16. The Labute approximate surface area is 138 Å². The van der Waals surface area contributed by atoms with Crippen LogP contribution in [0.4, 0.5) is 0 Å². The topological polar surface area (TPSA) is 102 Å². The number of benzene rings is 1. The Hall–Kier alpha value is -2.89. The van der Waals surface area contributed by atoms with Crippen molar-refractivity contribution in [3.63, 3.8) is 0 Å². The molecule has 24 heavy (non-hydrogen) atoms. The number of pyridine rings is 1. The van der Waals surface area contributed by atoms with Crippen LogP contribution in [0.3, 0.4) is 0 Å². The van der Waals surface area contributed by atoms with Crippen LogP contribution in [0.5, 0.6) is 0 Å². The summed E-state index contributed by atoms with van der Waals surface area (Å²) >= 11 is 0.